The van der Waals surface area contributed by atoms with E-state index >= 15 is 0 Å². The molecule has 10 heteroatoms. The van der Waals surface area contributed by atoms with Crippen LogP contribution in [-0.2, 0) is 14.8 Å². The second kappa shape index (κ2) is 9.67. The number of hydrogen-bond donors (Lipinski definition) is 0. The number of methoxy groups -OCH3 is 2. The topological polar surface area (TPSA) is 76.2 Å². The van der Waals surface area contributed by atoms with Crippen LogP contribution >= 0.6 is 11.6 Å². The molecule has 0 atom stereocenters. The average molecular weight is 469 g/mol. The van der Waals surface area contributed by atoms with E-state index in [0.29, 0.717) is 11.5 Å². The van der Waals surface area contributed by atoms with Crippen molar-refractivity contribution >= 4 is 33.6 Å². The molecule has 0 spiro atoms. The van der Waals surface area contributed by atoms with Crippen LogP contribution < -0.4 is 9.47 Å². The van der Waals surface area contributed by atoms with E-state index in [0.717, 1.165) is 17.7 Å². The molecule has 1 aliphatic rings. The van der Waals surface area contributed by atoms with E-state index < -0.39 is 15.8 Å². The summed E-state index contributed by atoms with van der Waals surface area (Å²) in [5, 5.41) is -0.254. The number of rotatable bonds is 6. The minimum absolute atomic E-state index is 0.0768. The first-order valence-electron chi connectivity index (χ1n) is 9.40. The lowest BCUT2D eigenvalue weighted by molar-refractivity contribution is -0.127. The first-order valence-corrected chi connectivity index (χ1v) is 11.2. The molecule has 1 aliphatic heterocycles. The summed E-state index contributed by atoms with van der Waals surface area (Å²) in [5.41, 5.74) is 0.764. The van der Waals surface area contributed by atoms with Crippen molar-refractivity contribution in [3.63, 3.8) is 0 Å². The number of carbonyl (C=O) groups is 1. The van der Waals surface area contributed by atoms with Gasteiger partial charge in [-0.05, 0) is 42.0 Å². The third-order valence-electron chi connectivity index (χ3n) is 4.91. The molecule has 1 fully saturated rings. The predicted octanol–water partition coefficient (Wildman–Crippen LogP) is 3.04. The van der Waals surface area contributed by atoms with Gasteiger partial charge in [0.05, 0.1) is 24.1 Å². The lowest BCUT2D eigenvalue weighted by atomic mass is 10.2. The number of sulfonamides is 1. The molecule has 3 rings (SSSR count). The number of carbonyl (C=O) groups excluding carboxylic acids is 1. The maximum absolute atomic E-state index is 13.3. The summed E-state index contributed by atoms with van der Waals surface area (Å²) in [6.45, 7) is 0.743. The molecule has 1 heterocycles. The summed E-state index contributed by atoms with van der Waals surface area (Å²) in [7, 11) is -0.745. The number of benzene rings is 2. The maximum Gasteiger partial charge on any atom is 0.246 e. The van der Waals surface area contributed by atoms with E-state index in [-0.39, 0.29) is 42.0 Å². The largest absolute Gasteiger partial charge is 0.493 e. The molecule has 2 aromatic carbocycles. The Bertz CT molecular complexity index is 1100. The Labute approximate surface area is 185 Å². The third-order valence-corrected chi connectivity index (χ3v) is 7.09. The normalized spacial score (nSPS) is 15.3. The van der Waals surface area contributed by atoms with Crippen LogP contribution in [0.2, 0.25) is 5.02 Å². The number of halogens is 2. The van der Waals surface area contributed by atoms with Crippen LogP contribution in [0.1, 0.15) is 5.56 Å². The molecule has 166 valence electrons. The average Bonchev–Trinajstić information content (AvgIpc) is 2.79. The zero-order valence-corrected chi connectivity index (χ0v) is 18.6. The zero-order chi connectivity index (χ0) is 22.6. The standard InChI is InChI=1S/C21H22ClFN2O5S/c1-29-19-7-3-15(13-20(19)30-2)4-8-21(26)24-9-11-25(12-10-24)31(27,28)16-5-6-18(23)17(22)14-16/h3-8,13-14H,9-12H2,1-2H3/b8-4+. The van der Waals surface area contributed by atoms with E-state index in [1.807, 2.05) is 0 Å². The SMILES string of the molecule is COc1ccc(/C=C/C(=O)N2CCN(S(=O)(=O)c3ccc(F)c(Cl)c3)CC2)cc1OC. The minimum Gasteiger partial charge on any atom is -0.493 e. The van der Waals surface area contributed by atoms with Crippen LogP contribution in [0.25, 0.3) is 6.08 Å². The van der Waals surface area contributed by atoms with Crippen molar-refractivity contribution in [2.75, 3.05) is 40.4 Å². The lowest BCUT2D eigenvalue weighted by Crippen LogP contribution is -2.50. The molecule has 0 saturated carbocycles. The summed E-state index contributed by atoms with van der Waals surface area (Å²) in [5.74, 6) is 0.233. The first-order chi connectivity index (χ1) is 14.8. The number of nitrogens with zero attached hydrogens (tertiary/aromatic N) is 2. The summed E-state index contributed by atoms with van der Waals surface area (Å²) in [6.07, 6.45) is 3.10. The summed E-state index contributed by atoms with van der Waals surface area (Å²) in [6, 6.07) is 8.59. The molecule has 31 heavy (non-hydrogen) atoms. The van der Waals surface area contributed by atoms with Crippen LogP contribution in [0, 0.1) is 5.82 Å². The number of hydrogen-bond acceptors (Lipinski definition) is 5. The van der Waals surface area contributed by atoms with Crippen molar-refractivity contribution in [3.05, 3.63) is 58.9 Å². The van der Waals surface area contributed by atoms with Crippen molar-refractivity contribution in [1.82, 2.24) is 9.21 Å². The molecule has 0 unspecified atom stereocenters. The second-order valence-electron chi connectivity index (χ2n) is 6.75. The molecule has 1 saturated heterocycles. The van der Waals surface area contributed by atoms with Gasteiger partial charge in [-0.25, -0.2) is 12.8 Å². The van der Waals surface area contributed by atoms with Gasteiger partial charge in [-0.2, -0.15) is 4.31 Å². The van der Waals surface area contributed by atoms with Crippen molar-refractivity contribution < 1.29 is 27.1 Å². The van der Waals surface area contributed by atoms with E-state index in [1.165, 1.54) is 23.6 Å². The van der Waals surface area contributed by atoms with Crippen LogP contribution in [0.15, 0.2) is 47.4 Å². The molecule has 1 amide bonds. The van der Waals surface area contributed by atoms with Gasteiger partial charge in [-0.3, -0.25) is 4.79 Å². The zero-order valence-electron chi connectivity index (χ0n) is 17.0. The highest BCUT2D eigenvalue weighted by molar-refractivity contribution is 7.89. The van der Waals surface area contributed by atoms with E-state index in [4.69, 9.17) is 21.1 Å². The van der Waals surface area contributed by atoms with Crippen LogP contribution in [0.3, 0.4) is 0 Å². The molecular weight excluding hydrogens is 447 g/mol. The predicted molar refractivity (Wildman–Crippen MR) is 115 cm³/mol. The summed E-state index contributed by atoms with van der Waals surface area (Å²) in [4.78, 5) is 14.0. The van der Waals surface area contributed by atoms with Crippen LogP contribution in [-0.4, -0.2) is 63.9 Å². The van der Waals surface area contributed by atoms with Crippen LogP contribution in [0.5, 0.6) is 11.5 Å². The van der Waals surface area contributed by atoms with Gasteiger partial charge in [-0.1, -0.05) is 17.7 Å². The Morgan fingerprint density at radius 3 is 2.32 bits per heavy atom. The number of piperazine rings is 1. The van der Waals surface area contributed by atoms with Crippen LogP contribution in [0.4, 0.5) is 4.39 Å². The molecule has 0 bridgehead atoms. The smallest absolute Gasteiger partial charge is 0.246 e. The Morgan fingerprint density at radius 1 is 1.03 bits per heavy atom. The Morgan fingerprint density at radius 2 is 1.71 bits per heavy atom. The molecule has 2 aromatic rings. The fraction of sp³-hybridized carbons (Fsp3) is 0.286. The first kappa shape index (κ1) is 23.1. The van der Waals surface area contributed by atoms with Gasteiger partial charge in [-0.15, -0.1) is 0 Å². The maximum atomic E-state index is 13.3. The highest BCUT2D eigenvalue weighted by atomic mass is 35.5. The van der Waals surface area contributed by atoms with E-state index in [9.17, 15) is 17.6 Å². The molecule has 7 nitrogen and oxygen atoms in total. The van der Waals surface area contributed by atoms with E-state index in [1.54, 1.807) is 36.3 Å². The molecule has 0 aliphatic carbocycles. The Hall–Kier alpha value is -2.62. The van der Waals surface area contributed by atoms with Crippen molar-refractivity contribution in [3.8, 4) is 11.5 Å². The second-order valence-corrected chi connectivity index (χ2v) is 9.10. The molecule has 0 radical (unpaired) electrons. The lowest BCUT2D eigenvalue weighted by Gasteiger charge is -2.33. The Balaban J connectivity index is 1.63. The van der Waals surface area contributed by atoms with Gasteiger partial charge in [0.2, 0.25) is 15.9 Å². The highest BCUT2D eigenvalue weighted by Gasteiger charge is 2.30. The van der Waals surface area contributed by atoms with Gasteiger partial charge in [0.25, 0.3) is 0 Å². The summed E-state index contributed by atoms with van der Waals surface area (Å²) < 4.78 is 50.6. The summed E-state index contributed by atoms with van der Waals surface area (Å²) >= 11 is 5.71. The highest BCUT2D eigenvalue weighted by Crippen LogP contribution is 2.28. The number of amides is 1. The minimum atomic E-state index is -3.82. The fourth-order valence-corrected chi connectivity index (χ4v) is 4.86. The Kier molecular flexibility index (Phi) is 7.19. The third kappa shape index (κ3) is 5.17. The van der Waals surface area contributed by atoms with Crippen molar-refractivity contribution in [2.45, 2.75) is 4.90 Å². The molecule has 0 aromatic heterocycles. The van der Waals surface area contributed by atoms with Crippen molar-refractivity contribution in [2.24, 2.45) is 0 Å². The van der Waals surface area contributed by atoms with E-state index in [2.05, 4.69) is 0 Å². The monoisotopic (exact) mass is 468 g/mol. The van der Waals surface area contributed by atoms with Gasteiger partial charge in [0.1, 0.15) is 5.82 Å². The number of ether oxygens (including phenoxy) is 2. The van der Waals surface area contributed by atoms with Gasteiger partial charge >= 0.3 is 0 Å². The van der Waals surface area contributed by atoms with Crippen molar-refractivity contribution in [1.29, 1.82) is 0 Å². The molecular formula is C21H22ClFN2O5S. The van der Waals surface area contributed by atoms with Gasteiger partial charge in [0, 0.05) is 32.3 Å². The van der Waals surface area contributed by atoms with Gasteiger partial charge in [0.15, 0.2) is 11.5 Å². The quantitative estimate of drug-likeness (QED) is 0.609. The molecule has 0 N–H and O–H groups in total. The fourth-order valence-electron chi connectivity index (χ4n) is 3.16. The van der Waals surface area contributed by atoms with Gasteiger partial charge < -0.3 is 14.4 Å².